The topological polar surface area (TPSA) is 72.7 Å². The normalized spacial score (nSPS) is 12.7. The van der Waals surface area contributed by atoms with Crippen LogP contribution in [-0.4, -0.2) is 41.5 Å². The molecule has 2 aromatic carbocycles. The van der Waals surface area contributed by atoms with Crippen LogP contribution in [0.15, 0.2) is 36.4 Å². The predicted molar refractivity (Wildman–Crippen MR) is 132 cm³/mol. The van der Waals surface area contributed by atoms with Crippen molar-refractivity contribution < 1.29 is 18.9 Å². The van der Waals surface area contributed by atoms with Gasteiger partial charge in [-0.3, -0.25) is 0 Å². The molecule has 1 atom stereocenters. The third-order valence-electron chi connectivity index (χ3n) is 6.28. The van der Waals surface area contributed by atoms with Gasteiger partial charge in [-0.1, -0.05) is 26.0 Å². The highest BCUT2D eigenvalue weighted by molar-refractivity contribution is 5.47. The quantitative estimate of drug-likeness (QED) is 0.399. The number of nitrogens with zero attached hydrogens (tertiary/aromatic N) is 1. The molecule has 0 aromatic heterocycles. The molecule has 0 bridgehead atoms. The Morgan fingerprint density at radius 3 is 1.97 bits per heavy atom. The average molecular weight is 455 g/mol. The molecule has 0 aliphatic carbocycles. The molecule has 0 aliphatic rings. The van der Waals surface area contributed by atoms with Gasteiger partial charge in [0.25, 0.3) is 0 Å². The van der Waals surface area contributed by atoms with E-state index in [9.17, 15) is 5.26 Å². The Kier molecular flexibility index (Phi) is 10.3. The Morgan fingerprint density at radius 1 is 0.818 bits per heavy atom. The van der Waals surface area contributed by atoms with Crippen molar-refractivity contribution in [3.8, 4) is 29.1 Å². The highest BCUT2D eigenvalue weighted by Gasteiger charge is 2.36. The lowest BCUT2D eigenvalue weighted by Crippen LogP contribution is -2.32. The van der Waals surface area contributed by atoms with E-state index < -0.39 is 5.41 Å². The van der Waals surface area contributed by atoms with Crippen LogP contribution in [-0.2, 0) is 11.8 Å². The lowest BCUT2D eigenvalue weighted by Gasteiger charge is -2.32. The molecule has 0 spiro atoms. The van der Waals surface area contributed by atoms with Crippen LogP contribution in [0.4, 0.5) is 0 Å². The zero-order valence-electron chi connectivity index (χ0n) is 20.9. The standard InChI is InChI=1S/C27H38N2O4/c1-20(2)27(19-28,22-11-13-24(31-4)26(18-22)33-6)14-8-16-29-15-7-9-21-10-12-23(30-3)25(17-21)32-5/h10-13,17-18,20,29H,7-9,14-16H2,1-6H3/t27-/m1/s1. The van der Waals surface area contributed by atoms with Crippen LogP contribution < -0.4 is 24.3 Å². The van der Waals surface area contributed by atoms with Crippen molar-refractivity contribution in [2.45, 2.75) is 44.9 Å². The van der Waals surface area contributed by atoms with Gasteiger partial charge in [0.2, 0.25) is 0 Å². The molecular formula is C27H38N2O4. The van der Waals surface area contributed by atoms with E-state index in [1.807, 2.05) is 30.3 Å². The highest BCUT2D eigenvalue weighted by Crippen LogP contribution is 2.40. The van der Waals surface area contributed by atoms with Crippen LogP contribution >= 0.6 is 0 Å². The van der Waals surface area contributed by atoms with Gasteiger partial charge >= 0.3 is 0 Å². The third-order valence-corrected chi connectivity index (χ3v) is 6.28. The van der Waals surface area contributed by atoms with Gasteiger partial charge in [-0.2, -0.15) is 5.26 Å². The van der Waals surface area contributed by atoms with Gasteiger partial charge in [0.1, 0.15) is 0 Å². The number of nitrogens with one attached hydrogen (secondary N) is 1. The Hall–Kier alpha value is -2.91. The summed E-state index contributed by atoms with van der Waals surface area (Å²) in [6.07, 6.45) is 3.68. The maximum atomic E-state index is 10.2. The minimum absolute atomic E-state index is 0.172. The molecule has 0 saturated carbocycles. The van der Waals surface area contributed by atoms with Crippen molar-refractivity contribution >= 4 is 0 Å². The summed E-state index contributed by atoms with van der Waals surface area (Å²) in [5, 5.41) is 13.7. The Balaban J connectivity index is 1.88. The van der Waals surface area contributed by atoms with E-state index in [-0.39, 0.29) is 5.92 Å². The predicted octanol–water partition coefficient (Wildman–Crippen LogP) is 5.14. The van der Waals surface area contributed by atoms with Crippen molar-refractivity contribution in [3.63, 3.8) is 0 Å². The number of methoxy groups -OCH3 is 4. The monoisotopic (exact) mass is 454 g/mol. The van der Waals surface area contributed by atoms with E-state index in [0.29, 0.717) is 11.5 Å². The molecule has 1 N–H and O–H groups in total. The smallest absolute Gasteiger partial charge is 0.161 e. The van der Waals surface area contributed by atoms with Gasteiger partial charge in [-0.15, -0.1) is 0 Å². The molecule has 6 heteroatoms. The van der Waals surface area contributed by atoms with E-state index in [4.69, 9.17) is 18.9 Å². The minimum Gasteiger partial charge on any atom is -0.493 e. The summed E-state index contributed by atoms with van der Waals surface area (Å²) in [5.74, 6) is 3.02. The van der Waals surface area contributed by atoms with Crippen LogP contribution in [0.1, 0.15) is 44.2 Å². The molecule has 0 fully saturated rings. The fourth-order valence-corrected chi connectivity index (χ4v) is 4.20. The molecule has 2 aromatic rings. The molecule has 0 amide bonds. The second-order valence-corrected chi connectivity index (χ2v) is 8.45. The van der Waals surface area contributed by atoms with E-state index >= 15 is 0 Å². The SMILES string of the molecule is COc1ccc(CCCNCCC[C@](C#N)(c2ccc(OC)c(OC)c2)C(C)C)cc1OC. The van der Waals surface area contributed by atoms with E-state index in [2.05, 4.69) is 31.3 Å². The maximum absolute atomic E-state index is 10.2. The highest BCUT2D eigenvalue weighted by atomic mass is 16.5. The number of benzene rings is 2. The Labute approximate surface area is 198 Å². The van der Waals surface area contributed by atoms with Gasteiger partial charge < -0.3 is 24.3 Å². The largest absolute Gasteiger partial charge is 0.493 e. The van der Waals surface area contributed by atoms with Crippen molar-refractivity contribution in [1.82, 2.24) is 5.32 Å². The van der Waals surface area contributed by atoms with Crippen LogP contribution in [0.3, 0.4) is 0 Å². The number of nitriles is 1. The molecule has 33 heavy (non-hydrogen) atoms. The van der Waals surface area contributed by atoms with Crippen LogP contribution in [0, 0.1) is 17.2 Å². The summed E-state index contributed by atoms with van der Waals surface area (Å²) in [6.45, 7) is 6.01. The van der Waals surface area contributed by atoms with Crippen LogP contribution in [0.2, 0.25) is 0 Å². The van der Waals surface area contributed by atoms with Gasteiger partial charge in [0.05, 0.1) is 39.9 Å². The molecule has 0 aliphatic heterocycles. The van der Waals surface area contributed by atoms with Crippen molar-refractivity contribution in [1.29, 1.82) is 5.26 Å². The lowest BCUT2D eigenvalue weighted by atomic mass is 9.70. The maximum Gasteiger partial charge on any atom is 0.161 e. The summed E-state index contributed by atoms with van der Waals surface area (Å²) in [7, 11) is 6.54. The molecule has 180 valence electrons. The Morgan fingerprint density at radius 2 is 1.39 bits per heavy atom. The second-order valence-electron chi connectivity index (χ2n) is 8.45. The molecule has 6 nitrogen and oxygen atoms in total. The molecule has 0 unspecified atom stereocenters. The first-order valence-electron chi connectivity index (χ1n) is 11.5. The number of ether oxygens (including phenoxy) is 4. The molecule has 2 rings (SSSR count). The summed E-state index contributed by atoms with van der Waals surface area (Å²) < 4.78 is 21.5. The number of hydrogen-bond donors (Lipinski definition) is 1. The fraction of sp³-hybridized carbons (Fsp3) is 0.519. The molecule has 0 saturated heterocycles. The van der Waals surface area contributed by atoms with Gasteiger partial charge in [-0.25, -0.2) is 0 Å². The number of aryl methyl sites for hydroxylation is 1. The zero-order chi connectivity index (χ0) is 24.3. The first-order chi connectivity index (χ1) is 15.9. The van der Waals surface area contributed by atoms with Crippen molar-refractivity contribution in [2.24, 2.45) is 5.92 Å². The van der Waals surface area contributed by atoms with Crippen LogP contribution in [0.5, 0.6) is 23.0 Å². The van der Waals surface area contributed by atoms with Gasteiger partial charge in [-0.05, 0) is 80.1 Å². The van der Waals surface area contributed by atoms with Crippen molar-refractivity contribution in [2.75, 3.05) is 41.5 Å². The van der Waals surface area contributed by atoms with Crippen molar-refractivity contribution in [3.05, 3.63) is 47.5 Å². The number of hydrogen-bond acceptors (Lipinski definition) is 6. The summed E-state index contributed by atoms with van der Waals surface area (Å²) in [6, 6.07) is 14.5. The average Bonchev–Trinajstić information content (AvgIpc) is 2.85. The second kappa shape index (κ2) is 13.0. The third kappa shape index (κ3) is 6.55. The molecular weight excluding hydrogens is 416 g/mol. The van der Waals surface area contributed by atoms with Gasteiger partial charge in [0.15, 0.2) is 23.0 Å². The summed E-state index contributed by atoms with van der Waals surface area (Å²) in [5.41, 5.74) is 1.64. The molecule has 0 radical (unpaired) electrons. The first kappa shape index (κ1) is 26.3. The van der Waals surface area contributed by atoms with E-state index in [0.717, 1.165) is 55.8 Å². The molecule has 0 heterocycles. The number of rotatable bonds is 14. The Bertz CT molecular complexity index is 923. The summed E-state index contributed by atoms with van der Waals surface area (Å²) in [4.78, 5) is 0. The minimum atomic E-state index is -0.569. The zero-order valence-corrected chi connectivity index (χ0v) is 20.9. The first-order valence-corrected chi connectivity index (χ1v) is 11.5. The van der Waals surface area contributed by atoms with E-state index in [1.54, 1.807) is 28.4 Å². The van der Waals surface area contributed by atoms with E-state index in [1.165, 1.54) is 5.56 Å². The fourth-order valence-electron chi connectivity index (χ4n) is 4.20. The van der Waals surface area contributed by atoms with Gasteiger partial charge in [0, 0.05) is 0 Å². The van der Waals surface area contributed by atoms with Crippen LogP contribution in [0.25, 0.3) is 0 Å². The lowest BCUT2D eigenvalue weighted by molar-refractivity contribution is 0.341. The summed E-state index contributed by atoms with van der Waals surface area (Å²) >= 11 is 0.